The molecule has 0 saturated carbocycles. The molecule has 0 spiro atoms. The Bertz CT molecular complexity index is 1160. The highest BCUT2D eigenvalue weighted by Crippen LogP contribution is 2.38. The Kier molecular flexibility index (Phi) is 6.10. The van der Waals surface area contributed by atoms with Crippen molar-refractivity contribution in [2.24, 2.45) is 0 Å². The molecule has 0 atom stereocenters. The van der Waals surface area contributed by atoms with Crippen LogP contribution in [0.4, 0.5) is 14.9 Å². The lowest BCUT2D eigenvalue weighted by molar-refractivity contribution is 0.0497. The molecule has 1 saturated heterocycles. The molecule has 0 radical (unpaired) electrons. The molecule has 8 heteroatoms. The second-order valence-corrected chi connectivity index (χ2v) is 9.51. The van der Waals surface area contributed by atoms with Crippen LogP contribution in [0.3, 0.4) is 0 Å². The largest absolute Gasteiger partial charge is 0.506 e. The second-order valence-electron chi connectivity index (χ2n) is 9.51. The summed E-state index contributed by atoms with van der Waals surface area (Å²) in [6.45, 7) is 8.68. The number of carbonyl (C=O) groups is 1. The maximum absolute atomic E-state index is 14.2. The molecule has 7 nitrogen and oxygen atoms in total. The number of pyridine rings is 2. The molecule has 3 aromatic rings. The average molecular weight is 453 g/mol. The quantitative estimate of drug-likeness (QED) is 0.585. The monoisotopic (exact) mass is 452 g/mol. The molecule has 1 amide bonds. The van der Waals surface area contributed by atoms with Gasteiger partial charge in [0.2, 0.25) is 0 Å². The molecule has 3 heterocycles. The molecule has 0 aliphatic carbocycles. The summed E-state index contributed by atoms with van der Waals surface area (Å²) >= 11 is 0. The number of hydrogen-bond donors (Lipinski definition) is 2. The molecule has 0 unspecified atom stereocenters. The van der Waals surface area contributed by atoms with E-state index in [-0.39, 0.29) is 17.6 Å². The summed E-state index contributed by atoms with van der Waals surface area (Å²) in [5.74, 6) is -0.273. The van der Waals surface area contributed by atoms with Crippen molar-refractivity contribution in [3.8, 4) is 16.9 Å². The van der Waals surface area contributed by atoms with Gasteiger partial charge >= 0.3 is 6.09 Å². The molecule has 0 bridgehead atoms. The number of carbonyl (C=O) groups excluding carboxylic acids is 1. The van der Waals surface area contributed by atoms with Crippen LogP contribution in [-0.2, 0) is 4.74 Å². The molecule has 1 fully saturated rings. The van der Waals surface area contributed by atoms with E-state index < -0.39 is 11.7 Å². The van der Waals surface area contributed by atoms with Crippen molar-refractivity contribution in [2.75, 3.05) is 18.0 Å². The van der Waals surface area contributed by atoms with Crippen LogP contribution >= 0.6 is 0 Å². The summed E-state index contributed by atoms with van der Waals surface area (Å²) in [6.07, 6.45) is 4.09. The number of nitrogens with zero attached hydrogens (tertiary/aromatic N) is 3. The third kappa shape index (κ3) is 5.32. The summed E-state index contributed by atoms with van der Waals surface area (Å²) < 4.78 is 19.6. The first-order chi connectivity index (χ1) is 15.6. The highest BCUT2D eigenvalue weighted by molar-refractivity contribution is 5.99. The third-order valence-corrected chi connectivity index (χ3v) is 5.56. The minimum absolute atomic E-state index is 0.00408. The number of aromatic hydroxyl groups is 1. The zero-order valence-electron chi connectivity index (χ0n) is 19.4. The number of piperidine rings is 1. The van der Waals surface area contributed by atoms with E-state index in [1.807, 2.05) is 33.8 Å². The van der Waals surface area contributed by atoms with Crippen LogP contribution < -0.4 is 10.2 Å². The van der Waals surface area contributed by atoms with E-state index in [1.54, 1.807) is 12.3 Å². The normalized spacial score (nSPS) is 15.0. The lowest BCUT2D eigenvalue weighted by Gasteiger charge is -2.36. The fourth-order valence-electron chi connectivity index (χ4n) is 4.22. The lowest BCUT2D eigenvalue weighted by atomic mass is 9.98. The van der Waals surface area contributed by atoms with E-state index in [2.05, 4.69) is 20.2 Å². The third-order valence-electron chi connectivity index (χ3n) is 5.56. The first-order valence-corrected chi connectivity index (χ1v) is 11.1. The van der Waals surface area contributed by atoms with Crippen LogP contribution in [0.5, 0.6) is 5.75 Å². The van der Waals surface area contributed by atoms with E-state index in [0.29, 0.717) is 29.7 Å². The Balaban J connectivity index is 1.65. The van der Waals surface area contributed by atoms with Crippen molar-refractivity contribution in [1.29, 1.82) is 0 Å². The number of amides is 1. The topological polar surface area (TPSA) is 87.6 Å². The van der Waals surface area contributed by atoms with E-state index in [4.69, 9.17) is 4.74 Å². The fourth-order valence-corrected chi connectivity index (χ4v) is 4.22. The highest BCUT2D eigenvalue weighted by Gasteiger charge is 2.26. The molecule has 1 aliphatic heterocycles. The van der Waals surface area contributed by atoms with Gasteiger partial charge in [0.1, 0.15) is 17.2 Å². The number of fused-ring (bicyclic) bond motifs is 1. The molecule has 4 rings (SSSR count). The number of aromatic nitrogens is 2. The van der Waals surface area contributed by atoms with E-state index >= 15 is 0 Å². The number of anilines is 1. The smallest absolute Gasteiger partial charge is 0.407 e. The molecule has 2 aromatic heterocycles. The summed E-state index contributed by atoms with van der Waals surface area (Å²) in [5, 5.41) is 13.8. The molecule has 174 valence electrons. The number of alkyl carbamates (subject to hydrolysis) is 1. The van der Waals surface area contributed by atoms with E-state index in [9.17, 15) is 14.3 Å². The van der Waals surface area contributed by atoms with Crippen LogP contribution in [0.2, 0.25) is 0 Å². The lowest BCUT2D eigenvalue weighted by Crippen LogP contribution is -2.46. The van der Waals surface area contributed by atoms with E-state index in [0.717, 1.165) is 29.7 Å². The minimum atomic E-state index is -0.548. The Labute approximate surface area is 192 Å². The zero-order valence-corrected chi connectivity index (χ0v) is 19.4. The van der Waals surface area contributed by atoms with Crippen molar-refractivity contribution in [2.45, 2.75) is 52.2 Å². The summed E-state index contributed by atoms with van der Waals surface area (Å²) in [7, 11) is 0. The summed E-state index contributed by atoms with van der Waals surface area (Å²) in [6, 6.07) is 6.54. The van der Waals surface area contributed by atoms with Crippen LogP contribution in [0.15, 0.2) is 36.7 Å². The Morgan fingerprint density at radius 1 is 1.15 bits per heavy atom. The van der Waals surface area contributed by atoms with E-state index in [1.165, 1.54) is 18.3 Å². The minimum Gasteiger partial charge on any atom is -0.506 e. The van der Waals surface area contributed by atoms with Crippen LogP contribution in [-0.4, -0.2) is 45.9 Å². The maximum Gasteiger partial charge on any atom is 0.407 e. The van der Waals surface area contributed by atoms with Crippen molar-refractivity contribution >= 4 is 22.8 Å². The van der Waals surface area contributed by atoms with Crippen LogP contribution in [0.1, 0.15) is 39.2 Å². The summed E-state index contributed by atoms with van der Waals surface area (Å²) in [5.41, 5.74) is 3.11. The van der Waals surface area contributed by atoms with Gasteiger partial charge in [-0.2, -0.15) is 0 Å². The first-order valence-electron chi connectivity index (χ1n) is 11.1. The first kappa shape index (κ1) is 22.8. The standard InChI is InChI=1S/C25H29FN4O3/c1-15-9-16(11-17(26)10-15)21-14-28-23-20(12-19(31)13-27-23)22(21)30-7-5-18(6-8-30)29-24(32)33-25(2,3)4/h9-14,18,31H,5-8H2,1-4H3,(H,29,32). The fraction of sp³-hybridized carbons (Fsp3) is 0.400. The van der Waals surface area contributed by atoms with Gasteiger partial charge in [-0.15, -0.1) is 0 Å². The SMILES string of the molecule is Cc1cc(F)cc(-c2cnc3ncc(O)cc3c2N2CCC(NC(=O)OC(C)(C)C)CC2)c1. The maximum atomic E-state index is 14.2. The van der Waals surface area contributed by atoms with Crippen molar-refractivity contribution in [3.05, 3.63) is 48.0 Å². The number of ether oxygens (including phenoxy) is 1. The number of benzene rings is 1. The molecule has 1 aliphatic rings. The van der Waals surface area contributed by atoms with Crippen LogP contribution in [0, 0.1) is 12.7 Å². The molecular weight excluding hydrogens is 423 g/mol. The predicted molar refractivity (Wildman–Crippen MR) is 126 cm³/mol. The molecule has 2 N–H and O–H groups in total. The van der Waals surface area contributed by atoms with Gasteiger partial charge in [0.05, 0.1) is 11.9 Å². The van der Waals surface area contributed by atoms with Crippen molar-refractivity contribution in [3.63, 3.8) is 0 Å². The van der Waals surface area contributed by atoms with Gasteiger partial charge in [-0.25, -0.2) is 19.2 Å². The van der Waals surface area contributed by atoms with Crippen LogP contribution in [0.25, 0.3) is 22.2 Å². The Morgan fingerprint density at radius 3 is 2.52 bits per heavy atom. The number of nitrogens with one attached hydrogen (secondary N) is 1. The molecule has 33 heavy (non-hydrogen) atoms. The number of aryl methyl sites for hydroxylation is 1. The Hall–Kier alpha value is -3.42. The Morgan fingerprint density at radius 2 is 1.85 bits per heavy atom. The van der Waals surface area contributed by atoms with Gasteiger partial charge in [0.15, 0.2) is 5.65 Å². The number of rotatable bonds is 3. The predicted octanol–water partition coefficient (Wildman–Crippen LogP) is 4.94. The second kappa shape index (κ2) is 8.84. The average Bonchev–Trinajstić information content (AvgIpc) is 2.71. The summed E-state index contributed by atoms with van der Waals surface area (Å²) in [4.78, 5) is 23.1. The number of halogens is 1. The zero-order chi connectivity index (χ0) is 23.8. The van der Waals surface area contributed by atoms with Gasteiger partial charge in [-0.1, -0.05) is 6.07 Å². The van der Waals surface area contributed by atoms with Gasteiger partial charge in [0.25, 0.3) is 0 Å². The van der Waals surface area contributed by atoms with Gasteiger partial charge in [-0.3, -0.25) is 0 Å². The highest BCUT2D eigenvalue weighted by atomic mass is 19.1. The van der Waals surface area contributed by atoms with Crippen molar-refractivity contribution < 1.29 is 19.0 Å². The van der Waals surface area contributed by atoms with Crippen molar-refractivity contribution in [1.82, 2.24) is 15.3 Å². The molecular formula is C25H29FN4O3. The van der Waals surface area contributed by atoms with Gasteiger partial charge in [0, 0.05) is 36.3 Å². The van der Waals surface area contributed by atoms with Gasteiger partial charge < -0.3 is 20.1 Å². The molecule has 1 aromatic carbocycles. The van der Waals surface area contributed by atoms with Gasteiger partial charge in [-0.05, 0) is 69.9 Å². The number of hydrogen-bond acceptors (Lipinski definition) is 6.